The third-order valence-electron chi connectivity index (χ3n) is 2.22. The second-order valence-corrected chi connectivity index (χ2v) is 4.74. The first kappa shape index (κ1) is 7.80. The predicted molar refractivity (Wildman–Crippen MR) is 50.4 cm³/mol. The van der Waals surface area contributed by atoms with Gasteiger partial charge in [-0.1, -0.05) is 31.6 Å². The number of rotatable bonds is 1. The van der Waals surface area contributed by atoms with Crippen molar-refractivity contribution in [3.63, 3.8) is 0 Å². The molecule has 1 rings (SSSR count). The largest absolute Gasteiger partial charge is 0.0776 e. The van der Waals surface area contributed by atoms with Crippen LogP contribution in [0.5, 0.6) is 0 Å². The highest BCUT2D eigenvalue weighted by Crippen LogP contribution is 2.29. The molecule has 1 heteroatoms. The standard InChI is InChI=1S/C9H16Si/c1-6(2)8-4-7(3)9(10)5-8/h4-6,9H,1-3,10H3. The van der Waals surface area contributed by atoms with E-state index in [9.17, 15) is 0 Å². The third-order valence-corrected chi connectivity index (χ3v) is 3.47. The lowest BCUT2D eigenvalue weighted by Crippen LogP contribution is -1.87. The molecule has 0 aromatic rings. The van der Waals surface area contributed by atoms with Crippen LogP contribution < -0.4 is 0 Å². The molecule has 0 heterocycles. The van der Waals surface area contributed by atoms with Gasteiger partial charge in [-0.25, -0.2) is 0 Å². The average molecular weight is 152 g/mol. The maximum absolute atomic E-state index is 2.42. The quantitative estimate of drug-likeness (QED) is 0.502. The molecule has 0 nitrogen and oxygen atoms in total. The second-order valence-electron chi connectivity index (χ2n) is 3.50. The van der Waals surface area contributed by atoms with E-state index in [0.29, 0.717) is 5.92 Å². The smallest absolute Gasteiger partial charge is 0.0166 e. The van der Waals surface area contributed by atoms with Gasteiger partial charge < -0.3 is 0 Å². The first-order valence-corrected chi connectivity index (χ1v) is 5.16. The minimum atomic E-state index is 0.717. The molecule has 1 atom stereocenters. The van der Waals surface area contributed by atoms with Crippen LogP contribution in [0.3, 0.4) is 0 Å². The van der Waals surface area contributed by atoms with Crippen LogP contribution in [0.1, 0.15) is 20.8 Å². The summed E-state index contributed by atoms with van der Waals surface area (Å²) in [6.45, 7) is 6.76. The zero-order valence-corrected chi connectivity index (χ0v) is 9.31. The van der Waals surface area contributed by atoms with Gasteiger partial charge >= 0.3 is 0 Å². The molecule has 0 amide bonds. The summed E-state index contributed by atoms with van der Waals surface area (Å²) in [4.78, 5) is 0. The highest BCUT2D eigenvalue weighted by Gasteiger charge is 2.11. The van der Waals surface area contributed by atoms with Gasteiger partial charge in [-0.05, 0) is 24.0 Å². The predicted octanol–water partition coefficient (Wildman–Crippen LogP) is 1.68. The Kier molecular flexibility index (Phi) is 2.14. The molecule has 1 aliphatic rings. The van der Waals surface area contributed by atoms with Crippen molar-refractivity contribution in [3.8, 4) is 0 Å². The molecular weight excluding hydrogens is 136 g/mol. The summed E-state index contributed by atoms with van der Waals surface area (Å²) >= 11 is 0. The minimum Gasteiger partial charge on any atom is -0.0776 e. The van der Waals surface area contributed by atoms with Crippen molar-refractivity contribution >= 4 is 10.2 Å². The Morgan fingerprint density at radius 3 is 2.30 bits per heavy atom. The van der Waals surface area contributed by atoms with Crippen molar-refractivity contribution in [1.82, 2.24) is 0 Å². The first-order chi connectivity index (χ1) is 4.61. The van der Waals surface area contributed by atoms with Crippen LogP contribution in [0, 0.1) is 5.92 Å². The zero-order valence-electron chi connectivity index (χ0n) is 7.31. The normalized spacial score (nSPS) is 25.4. The van der Waals surface area contributed by atoms with Gasteiger partial charge in [0.1, 0.15) is 0 Å². The third kappa shape index (κ3) is 1.40. The molecular formula is C9H16Si. The number of hydrogen-bond acceptors (Lipinski definition) is 0. The fourth-order valence-corrected chi connectivity index (χ4v) is 1.77. The molecule has 0 saturated heterocycles. The maximum atomic E-state index is 2.42. The van der Waals surface area contributed by atoms with Crippen molar-refractivity contribution in [1.29, 1.82) is 0 Å². The van der Waals surface area contributed by atoms with Crippen LogP contribution in [0.4, 0.5) is 0 Å². The van der Waals surface area contributed by atoms with Gasteiger partial charge in [0, 0.05) is 10.2 Å². The monoisotopic (exact) mass is 152 g/mol. The number of hydrogen-bond donors (Lipinski definition) is 0. The Hall–Kier alpha value is -0.303. The second kappa shape index (κ2) is 2.75. The van der Waals surface area contributed by atoms with E-state index in [1.807, 2.05) is 0 Å². The Bertz CT molecular complexity index is 187. The molecule has 0 N–H and O–H groups in total. The van der Waals surface area contributed by atoms with Gasteiger partial charge in [0.15, 0.2) is 0 Å². The molecule has 0 aliphatic heterocycles. The van der Waals surface area contributed by atoms with Gasteiger partial charge in [-0.15, -0.1) is 0 Å². The van der Waals surface area contributed by atoms with Crippen LogP contribution in [-0.2, 0) is 0 Å². The lowest BCUT2D eigenvalue weighted by Gasteiger charge is -2.01. The van der Waals surface area contributed by atoms with Crippen molar-refractivity contribution in [2.24, 2.45) is 5.92 Å². The van der Waals surface area contributed by atoms with Crippen LogP contribution in [0.25, 0.3) is 0 Å². The van der Waals surface area contributed by atoms with Crippen molar-refractivity contribution in [3.05, 3.63) is 23.3 Å². The van der Waals surface area contributed by atoms with Crippen LogP contribution in [0.15, 0.2) is 23.3 Å². The van der Waals surface area contributed by atoms with Gasteiger partial charge in [0.05, 0.1) is 0 Å². The summed E-state index contributed by atoms with van der Waals surface area (Å²) < 4.78 is 0. The minimum absolute atomic E-state index is 0.717. The molecule has 0 radical (unpaired) electrons. The van der Waals surface area contributed by atoms with Crippen LogP contribution >= 0.6 is 0 Å². The van der Waals surface area contributed by atoms with E-state index >= 15 is 0 Å². The van der Waals surface area contributed by atoms with Gasteiger partial charge in [0.2, 0.25) is 0 Å². The van der Waals surface area contributed by atoms with Gasteiger partial charge in [-0.3, -0.25) is 0 Å². The van der Waals surface area contributed by atoms with E-state index in [1.54, 1.807) is 5.57 Å². The molecule has 0 fully saturated rings. The molecule has 1 aliphatic carbocycles. The van der Waals surface area contributed by atoms with E-state index in [0.717, 1.165) is 5.54 Å². The molecule has 0 aromatic heterocycles. The SMILES string of the molecule is CC1=CC(C(C)C)=CC1[SiH3]. The zero-order chi connectivity index (χ0) is 7.72. The van der Waals surface area contributed by atoms with E-state index < -0.39 is 0 Å². The highest BCUT2D eigenvalue weighted by atomic mass is 28.1. The fraction of sp³-hybridized carbons (Fsp3) is 0.556. The van der Waals surface area contributed by atoms with E-state index in [4.69, 9.17) is 0 Å². The van der Waals surface area contributed by atoms with Crippen molar-refractivity contribution in [2.45, 2.75) is 26.3 Å². The van der Waals surface area contributed by atoms with Crippen LogP contribution in [0.2, 0.25) is 5.54 Å². The van der Waals surface area contributed by atoms with E-state index in [-0.39, 0.29) is 0 Å². The lowest BCUT2D eigenvalue weighted by atomic mass is 10.1. The Labute approximate surface area is 66.4 Å². The van der Waals surface area contributed by atoms with Crippen molar-refractivity contribution in [2.75, 3.05) is 0 Å². The summed E-state index contributed by atoms with van der Waals surface area (Å²) in [5.74, 6) is 0.717. The maximum Gasteiger partial charge on any atom is 0.0166 e. The van der Waals surface area contributed by atoms with E-state index in [2.05, 4.69) is 32.9 Å². The molecule has 0 spiro atoms. The molecule has 10 heavy (non-hydrogen) atoms. The molecule has 0 aromatic carbocycles. The van der Waals surface area contributed by atoms with Crippen LogP contribution in [-0.4, -0.2) is 10.2 Å². The Morgan fingerprint density at radius 1 is 1.50 bits per heavy atom. The number of allylic oxidation sites excluding steroid dienone is 4. The van der Waals surface area contributed by atoms with Gasteiger partial charge in [0.25, 0.3) is 0 Å². The van der Waals surface area contributed by atoms with Crippen molar-refractivity contribution < 1.29 is 0 Å². The summed E-state index contributed by atoms with van der Waals surface area (Å²) in [5, 5.41) is 0. The Balaban J connectivity index is 2.75. The molecule has 1 unspecified atom stereocenters. The Morgan fingerprint density at radius 2 is 2.10 bits per heavy atom. The fourth-order valence-electron chi connectivity index (χ4n) is 1.22. The summed E-state index contributed by atoms with van der Waals surface area (Å²) in [7, 11) is 1.28. The molecule has 56 valence electrons. The summed E-state index contributed by atoms with van der Waals surface area (Å²) in [5.41, 5.74) is 3.92. The molecule has 0 bridgehead atoms. The highest BCUT2D eigenvalue weighted by molar-refractivity contribution is 6.15. The molecule has 0 saturated carbocycles. The summed E-state index contributed by atoms with van der Waals surface area (Å²) in [6.07, 6.45) is 4.77. The average Bonchev–Trinajstić information content (AvgIpc) is 2.13. The summed E-state index contributed by atoms with van der Waals surface area (Å²) in [6, 6.07) is 0. The lowest BCUT2D eigenvalue weighted by molar-refractivity contribution is 0.793. The first-order valence-electron chi connectivity index (χ1n) is 4.01. The van der Waals surface area contributed by atoms with E-state index in [1.165, 1.54) is 15.8 Å². The topological polar surface area (TPSA) is 0 Å². The van der Waals surface area contributed by atoms with Gasteiger partial charge in [-0.2, -0.15) is 0 Å².